The van der Waals surface area contributed by atoms with Gasteiger partial charge in [-0.2, -0.15) is 0 Å². The monoisotopic (exact) mass is 397 g/mol. The van der Waals surface area contributed by atoms with E-state index >= 15 is 0 Å². The molecule has 0 fully saturated rings. The van der Waals surface area contributed by atoms with Gasteiger partial charge in [-0.15, -0.1) is 0 Å². The summed E-state index contributed by atoms with van der Waals surface area (Å²) in [6.45, 7) is 5.19. The lowest BCUT2D eigenvalue weighted by atomic mass is 10.1. The standard InChI is InChI=1S/C23H27NO5/c1-5-6-13-24(3)14-17-18(25)12-11-16-21(26)22(15(2)28-23(16)17)29-20-10-8-7-9-19(20)27-4/h7-12,25H,5-6,13-14H2,1-4H3. The first-order valence-electron chi connectivity index (χ1n) is 9.73. The second-order valence-corrected chi connectivity index (χ2v) is 7.10. The number of phenolic OH excluding ortho intramolecular Hbond substituents is 1. The van der Waals surface area contributed by atoms with Crippen molar-refractivity contribution in [2.24, 2.45) is 0 Å². The minimum absolute atomic E-state index is 0.109. The molecule has 1 aromatic heterocycles. The van der Waals surface area contributed by atoms with Crippen LogP contribution in [0.1, 0.15) is 31.1 Å². The van der Waals surface area contributed by atoms with Crippen LogP contribution in [0.3, 0.4) is 0 Å². The predicted molar refractivity (Wildman–Crippen MR) is 113 cm³/mol. The number of benzene rings is 2. The molecule has 1 N–H and O–H groups in total. The smallest absolute Gasteiger partial charge is 0.235 e. The Hall–Kier alpha value is -2.99. The highest BCUT2D eigenvalue weighted by atomic mass is 16.5. The van der Waals surface area contributed by atoms with E-state index in [-0.39, 0.29) is 16.9 Å². The van der Waals surface area contributed by atoms with E-state index < -0.39 is 0 Å². The van der Waals surface area contributed by atoms with Gasteiger partial charge in [0.1, 0.15) is 17.1 Å². The van der Waals surface area contributed by atoms with Crippen LogP contribution in [-0.4, -0.2) is 30.7 Å². The molecule has 2 aromatic carbocycles. The number of rotatable bonds is 8. The SMILES string of the molecule is CCCCN(C)Cc1c(O)ccc2c(=O)c(Oc3ccccc3OC)c(C)oc12. The number of para-hydroxylation sites is 2. The second kappa shape index (κ2) is 9.01. The molecule has 0 bridgehead atoms. The molecule has 0 aliphatic rings. The summed E-state index contributed by atoms with van der Waals surface area (Å²) in [6.07, 6.45) is 2.14. The molecule has 0 aliphatic heterocycles. The molecule has 1 heterocycles. The maximum atomic E-state index is 13.2. The Bertz CT molecular complexity index is 1060. The van der Waals surface area contributed by atoms with E-state index in [0.717, 1.165) is 19.4 Å². The fraction of sp³-hybridized carbons (Fsp3) is 0.348. The van der Waals surface area contributed by atoms with Crippen molar-refractivity contribution in [2.45, 2.75) is 33.2 Å². The Labute approximate surface area is 170 Å². The van der Waals surface area contributed by atoms with Crippen molar-refractivity contribution < 1.29 is 19.0 Å². The van der Waals surface area contributed by atoms with Crippen molar-refractivity contribution >= 4 is 11.0 Å². The number of fused-ring (bicyclic) bond motifs is 1. The molecule has 0 saturated carbocycles. The molecular formula is C23H27NO5. The first-order valence-corrected chi connectivity index (χ1v) is 9.73. The Morgan fingerprint density at radius 2 is 1.86 bits per heavy atom. The van der Waals surface area contributed by atoms with E-state index in [0.29, 0.717) is 40.3 Å². The summed E-state index contributed by atoms with van der Waals surface area (Å²) in [7, 11) is 3.53. The molecule has 0 radical (unpaired) electrons. The van der Waals surface area contributed by atoms with Gasteiger partial charge in [-0.25, -0.2) is 0 Å². The Morgan fingerprint density at radius 3 is 2.55 bits per heavy atom. The fourth-order valence-corrected chi connectivity index (χ4v) is 3.26. The summed E-state index contributed by atoms with van der Waals surface area (Å²) in [4.78, 5) is 15.3. The summed E-state index contributed by atoms with van der Waals surface area (Å²) in [5.74, 6) is 1.52. The van der Waals surface area contributed by atoms with Crippen LogP contribution in [0.2, 0.25) is 0 Å². The molecule has 154 valence electrons. The van der Waals surface area contributed by atoms with Crippen LogP contribution in [-0.2, 0) is 6.54 Å². The zero-order valence-corrected chi connectivity index (χ0v) is 17.3. The highest BCUT2D eigenvalue weighted by molar-refractivity contribution is 5.83. The molecule has 6 heteroatoms. The Balaban J connectivity index is 2.06. The largest absolute Gasteiger partial charge is 0.507 e. The van der Waals surface area contributed by atoms with Gasteiger partial charge in [-0.1, -0.05) is 25.5 Å². The van der Waals surface area contributed by atoms with Gasteiger partial charge in [0.2, 0.25) is 11.2 Å². The summed E-state index contributed by atoms with van der Waals surface area (Å²) in [6, 6.07) is 10.2. The average molecular weight is 397 g/mol. The molecule has 0 saturated heterocycles. The van der Waals surface area contributed by atoms with Gasteiger partial charge in [0, 0.05) is 6.54 Å². The van der Waals surface area contributed by atoms with Crippen LogP contribution < -0.4 is 14.9 Å². The van der Waals surface area contributed by atoms with Crippen molar-refractivity contribution in [3.63, 3.8) is 0 Å². The molecule has 3 rings (SSSR count). The van der Waals surface area contributed by atoms with E-state index in [2.05, 4.69) is 11.8 Å². The lowest BCUT2D eigenvalue weighted by Crippen LogP contribution is -2.19. The minimum Gasteiger partial charge on any atom is -0.507 e. The van der Waals surface area contributed by atoms with Gasteiger partial charge in [0.15, 0.2) is 11.5 Å². The third kappa shape index (κ3) is 4.38. The van der Waals surface area contributed by atoms with Gasteiger partial charge in [0.25, 0.3) is 0 Å². The van der Waals surface area contributed by atoms with Crippen LogP contribution in [0.25, 0.3) is 11.0 Å². The average Bonchev–Trinajstić information content (AvgIpc) is 2.72. The third-order valence-electron chi connectivity index (χ3n) is 4.86. The lowest BCUT2D eigenvalue weighted by molar-refractivity contribution is 0.313. The van der Waals surface area contributed by atoms with Crippen molar-refractivity contribution in [3.05, 3.63) is 57.9 Å². The van der Waals surface area contributed by atoms with Crippen LogP contribution in [0.4, 0.5) is 0 Å². The third-order valence-corrected chi connectivity index (χ3v) is 4.86. The number of phenols is 1. The number of hydrogen-bond acceptors (Lipinski definition) is 6. The molecular weight excluding hydrogens is 370 g/mol. The zero-order valence-electron chi connectivity index (χ0n) is 17.3. The number of hydrogen-bond donors (Lipinski definition) is 1. The molecule has 0 amide bonds. The topological polar surface area (TPSA) is 72.1 Å². The second-order valence-electron chi connectivity index (χ2n) is 7.10. The highest BCUT2D eigenvalue weighted by Crippen LogP contribution is 2.34. The number of methoxy groups -OCH3 is 1. The van der Waals surface area contributed by atoms with E-state index in [1.807, 2.05) is 13.1 Å². The van der Waals surface area contributed by atoms with E-state index in [9.17, 15) is 9.90 Å². The van der Waals surface area contributed by atoms with Crippen LogP contribution in [0, 0.1) is 6.92 Å². The van der Waals surface area contributed by atoms with Crippen LogP contribution >= 0.6 is 0 Å². The van der Waals surface area contributed by atoms with Gasteiger partial charge < -0.3 is 23.9 Å². The summed E-state index contributed by atoms with van der Waals surface area (Å²) in [5, 5.41) is 10.8. The first-order chi connectivity index (χ1) is 14.0. The van der Waals surface area contributed by atoms with Gasteiger partial charge in [-0.05, 0) is 51.2 Å². The number of aromatic hydroxyl groups is 1. The number of nitrogens with zero attached hydrogens (tertiary/aromatic N) is 1. The molecule has 0 spiro atoms. The quantitative estimate of drug-likeness (QED) is 0.586. The highest BCUT2D eigenvalue weighted by Gasteiger charge is 2.20. The van der Waals surface area contributed by atoms with Crippen LogP contribution in [0.15, 0.2) is 45.6 Å². The fourth-order valence-electron chi connectivity index (χ4n) is 3.26. The molecule has 3 aromatic rings. The summed E-state index contributed by atoms with van der Waals surface area (Å²) >= 11 is 0. The zero-order chi connectivity index (χ0) is 21.0. The summed E-state index contributed by atoms with van der Waals surface area (Å²) < 4.78 is 17.2. The van der Waals surface area contributed by atoms with Gasteiger partial charge >= 0.3 is 0 Å². The maximum absolute atomic E-state index is 13.2. The normalized spacial score (nSPS) is 11.2. The maximum Gasteiger partial charge on any atom is 0.235 e. The first kappa shape index (κ1) is 20.7. The molecule has 0 unspecified atom stereocenters. The van der Waals surface area contributed by atoms with E-state index in [1.165, 1.54) is 6.07 Å². The van der Waals surface area contributed by atoms with E-state index in [4.69, 9.17) is 13.9 Å². The van der Waals surface area contributed by atoms with Gasteiger partial charge in [0.05, 0.1) is 18.1 Å². The Kier molecular flexibility index (Phi) is 6.44. The minimum atomic E-state index is -0.285. The van der Waals surface area contributed by atoms with Crippen molar-refractivity contribution in [1.82, 2.24) is 4.90 Å². The Morgan fingerprint density at radius 1 is 1.14 bits per heavy atom. The predicted octanol–water partition coefficient (Wildman–Crippen LogP) is 4.84. The van der Waals surface area contributed by atoms with Crippen molar-refractivity contribution in [1.29, 1.82) is 0 Å². The van der Waals surface area contributed by atoms with Gasteiger partial charge in [-0.3, -0.25) is 4.79 Å². The molecule has 6 nitrogen and oxygen atoms in total. The molecule has 29 heavy (non-hydrogen) atoms. The van der Waals surface area contributed by atoms with Crippen LogP contribution in [0.5, 0.6) is 23.0 Å². The van der Waals surface area contributed by atoms with E-state index in [1.54, 1.807) is 38.3 Å². The lowest BCUT2D eigenvalue weighted by Gasteiger charge is -2.18. The summed E-state index contributed by atoms with van der Waals surface area (Å²) in [5.41, 5.74) is 0.709. The van der Waals surface area contributed by atoms with Crippen molar-refractivity contribution in [2.75, 3.05) is 20.7 Å². The number of unbranched alkanes of at least 4 members (excludes halogenated alkanes) is 1. The molecule has 0 aliphatic carbocycles. The molecule has 0 atom stereocenters. The van der Waals surface area contributed by atoms with Crippen molar-refractivity contribution in [3.8, 4) is 23.0 Å². The number of ether oxygens (including phenoxy) is 2. The number of aryl methyl sites for hydroxylation is 1.